The number of benzene rings is 3. The van der Waals surface area contributed by atoms with Gasteiger partial charge in [0, 0.05) is 5.39 Å². The summed E-state index contributed by atoms with van der Waals surface area (Å²) in [6, 6.07) is 17.9. The molecule has 2 heterocycles. The van der Waals surface area contributed by atoms with Gasteiger partial charge in [-0.25, -0.2) is 4.98 Å². The number of aromatic nitrogens is 4. The number of methoxy groups -OCH3 is 3. The van der Waals surface area contributed by atoms with Gasteiger partial charge < -0.3 is 19.2 Å². The second-order valence-corrected chi connectivity index (χ2v) is 6.85. The van der Waals surface area contributed by atoms with E-state index in [1.165, 1.54) is 0 Å². The Morgan fingerprint density at radius 1 is 0.767 bits per heavy atom. The highest BCUT2D eigenvalue weighted by molar-refractivity contribution is 5.93. The lowest BCUT2D eigenvalue weighted by atomic mass is 10.0. The largest absolute Gasteiger partial charge is 0.493 e. The van der Waals surface area contributed by atoms with E-state index in [-0.39, 0.29) is 0 Å². The number of aromatic amines is 2. The monoisotopic (exact) mass is 400 g/mol. The minimum atomic E-state index is 0.569. The van der Waals surface area contributed by atoms with E-state index >= 15 is 0 Å². The van der Waals surface area contributed by atoms with Gasteiger partial charge in [-0.15, -0.1) is 0 Å². The molecule has 0 fully saturated rings. The lowest BCUT2D eigenvalue weighted by molar-refractivity contribution is 0.324. The van der Waals surface area contributed by atoms with E-state index in [0.717, 1.165) is 44.6 Å². The van der Waals surface area contributed by atoms with E-state index in [0.29, 0.717) is 17.2 Å². The molecule has 5 aromatic rings. The minimum absolute atomic E-state index is 0.569. The number of hydrogen-bond acceptors (Lipinski definition) is 5. The standard InChI is InChI=1S/C23H20N4O3/c1-28-19-11-14(12-20(29-2)22(19)30-3)13-8-9-17-18(10-13)25-23(24-17)21-15-6-4-5-7-16(15)26-27-21/h4-12H,1-3H3,(H,24,25)(H,26,27). The van der Waals surface area contributed by atoms with Crippen LogP contribution in [0.15, 0.2) is 54.6 Å². The van der Waals surface area contributed by atoms with Gasteiger partial charge in [0.2, 0.25) is 5.75 Å². The Bertz CT molecular complexity index is 1340. The minimum Gasteiger partial charge on any atom is -0.493 e. The van der Waals surface area contributed by atoms with Crippen LogP contribution in [0.5, 0.6) is 17.2 Å². The van der Waals surface area contributed by atoms with Crippen LogP contribution in [0.25, 0.3) is 44.6 Å². The maximum Gasteiger partial charge on any atom is 0.203 e. The van der Waals surface area contributed by atoms with Gasteiger partial charge in [0.1, 0.15) is 5.69 Å². The lowest BCUT2D eigenvalue weighted by Gasteiger charge is -2.14. The Labute approximate surface area is 172 Å². The fourth-order valence-electron chi connectivity index (χ4n) is 3.69. The van der Waals surface area contributed by atoms with E-state index < -0.39 is 0 Å². The molecule has 3 aromatic carbocycles. The Hall–Kier alpha value is -4.00. The van der Waals surface area contributed by atoms with Crippen molar-refractivity contribution in [2.24, 2.45) is 0 Å². The van der Waals surface area contributed by atoms with Crippen molar-refractivity contribution >= 4 is 21.9 Å². The first-order valence-corrected chi connectivity index (χ1v) is 9.45. The summed E-state index contributed by atoms with van der Waals surface area (Å²) in [5, 5.41) is 8.52. The SMILES string of the molecule is COc1cc(-c2ccc3nc(-c4n[nH]c5ccccc45)[nH]c3c2)cc(OC)c1OC. The molecule has 30 heavy (non-hydrogen) atoms. The molecule has 7 heteroatoms. The van der Waals surface area contributed by atoms with Gasteiger partial charge in [0.05, 0.1) is 37.9 Å². The average molecular weight is 400 g/mol. The second-order valence-electron chi connectivity index (χ2n) is 6.85. The normalized spacial score (nSPS) is 11.2. The number of ether oxygens (including phenoxy) is 3. The first-order chi connectivity index (χ1) is 14.7. The van der Waals surface area contributed by atoms with E-state index in [2.05, 4.69) is 21.2 Å². The molecule has 0 aliphatic carbocycles. The molecule has 0 unspecified atom stereocenters. The van der Waals surface area contributed by atoms with Crippen molar-refractivity contribution in [1.82, 2.24) is 20.2 Å². The summed E-state index contributed by atoms with van der Waals surface area (Å²) in [5.74, 6) is 2.52. The molecule has 0 saturated carbocycles. The second kappa shape index (κ2) is 7.11. The summed E-state index contributed by atoms with van der Waals surface area (Å²) >= 11 is 0. The number of nitrogens with one attached hydrogen (secondary N) is 2. The number of nitrogens with zero attached hydrogens (tertiary/aromatic N) is 2. The van der Waals surface area contributed by atoms with Gasteiger partial charge in [-0.2, -0.15) is 5.10 Å². The molecule has 5 rings (SSSR count). The van der Waals surface area contributed by atoms with Crippen LogP contribution in [0.2, 0.25) is 0 Å². The lowest BCUT2D eigenvalue weighted by Crippen LogP contribution is -1.95. The average Bonchev–Trinajstić information content (AvgIpc) is 3.41. The highest BCUT2D eigenvalue weighted by Gasteiger charge is 2.16. The van der Waals surface area contributed by atoms with Crippen LogP contribution < -0.4 is 14.2 Å². The van der Waals surface area contributed by atoms with Gasteiger partial charge in [0.15, 0.2) is 17.3 Å². The molecule has 0 aliphatic heterocycles. The van der Waals surface area contributed by atoms with Gasteiger partial charge in [0.25, 0.3) is 0 Å². The maximum atomic E-state index is 5.49. The maximum absolute atomic E-state index is 5.49. The summed E-state index contributed by atoms with van der Waals surface area (Å²) < 4.78 is 16.4. The number of imidazole rings is 1. The molecule has 0 saturated heterocycles. The molecule has 150 valence electrons. The van der Waals surface area contributed by atoms with Crippen molar-refractivity contribution < 1.29 is 14.2 Å². The molecule has 0 spiro atoms. The molecule has 0 radical (unpaired) electrons. The third-order valence-corrected chi connectivity index (χ3v) is 5.17. The first kappa shape index (κ1) is 18.1. The van der Waals surface area contributed by atoms with E-state index in [1.54, 1.807) is 21.3 Å². The van der Waals surface area contributed by atoms with Gasteiger partial charge in [-0.1, -0.05) is 24.3 Å². The zero-order valence-corrected chi connectivity index (χ0v) is 16.8. The van der Waals surface area contributed by atoms with Crippen molar-refractivity contribution in [1.29, 1.82) is 0 Å². The first-order valence-electron chi connectivity index (χ1n) is 9.45. The topological polar surface area (TPSA) is 85.1 Å². The van der Waals surface area contributed by atoms with Gasteiger partial charge >= 0.3 is 0 Å². The Morgan fingerprint density at radius 2 is 1.53 bits per heavy atom. The van der Waals surface area contributed by atoms with Crippen molar-refractivity contribution in [3.63, 3.8) is 0 Å². The number of para-hydroxylation sites is 1. The molecule has 2 aromatic heterocycles. The van der Waals surface area contributed by atoms with Gasteiger partial charge in [-0.05, 0) is 41.5 Å². The van der Waals surface area contributed by atoms with Crippen molar-refractivity contribution in [3.8, 4) is 39.9 Å². The van der Waals surface area contributed by atoms with Crippen LogP contribution in [0.3, 0.4) is 0 Å². The highest BCUT2D eigenvalue weighted by atomic mass is 16.5. The van der Waals surface area contributed by atoms with Crippen LogP contribution in [0, 0.1) is 0 Å². The van der Waals surface area contributed by atoms with E-state index in [9.17, 15) is 0 Å². The predicted octanol–water partition coefficient (Wildman–Crippen LogP) is 4.80. The predicted molar refractivity (Wildman–Crippen MR) is 116 cm³/mol. The molecule has 7 nitrogen and oxygen atoms in total. The fourth-order valence-corrected chi connectivity index (χ4v) is 3.69. The van der Waals surface area contributed by atoms with E-state index in [4.69, 9.17) is 19.2 Å². The van der Waals surface area contributed by atoms with E-state index in [1.807, 2.05) is 48.5 Å². The number of fused-ring (bicyclic) bond motifs is 2. The molecule has 0 bridgehead atoms. The number of H-pyrrole nitrogens is 2. The third-order valence-electron chi connectivity index (χ3n) is 5.17. The smallest absolute Gasteiger partial charge is 0.203 e. The summed E-state index contributed by atoms with van der Waals surface area (Å²) in [4.78, 5) is 8.13. The van der Waals surface area contributed by atoms with Crippen molar-refractivity contribution in [3.05, 3.63) is 54.6 Å². The molecule has 2 N–H and O–H groups in total. The van der Waals surface area contributed by atoms with Crippen LogP contribution in [0.1, 0.15) is 0 Å². The summed E-state index contributed by atoms with van der Waals surface area (Å²) in [6.07, 6.45) is 0. The van der Waals surface area contributed by atoms with Crippen LogP contribution in [-0.2, 0) is 0 Å². The third kappa shape index (κ3) is 2.83. The molecular formula is C23H20N4O3. The zero-order chi connectivity index (χ0) is 20.7. The number of rotatable bonds is 5. The molecule has 0 aliphatic rings. The van der Waals surface area contributed by atoms with Gasteiger partial charge in [-0.3, -0.25) is 5.10 Å². The van der Waals surface area contributed by atoms with Crippen LogP contribution >= 0.6 is 0 Å². The quantitative estimate of drug-likeness (QED) is 0.443. The Balaban J connectivity index is 1.61. The van der Waals surface area contributed by atoms with Crippen molar-refractivity contribution in [2.45, 2.75) is 0 Å². The fraction of sp³-hybridized carbons (Fsp3) is 0.130. The zero-order valence-electron chi connectivity index (χ0n) is 16.8. The van der Waals surface area contributed by atoms with Crippen molar-refractivity contribution in [2.75, 3.05) is 21.3 Å². The Kier molecular flexibility index (Phi) is 4.28. The molecule has 0 atom stereocenters. The van der Waals surface area contributed by atoms with Crippen LogP contribution in [-0.4, -0.2) is 41.5 Å². The summed E-state index contributed by atoms with van der Waals surface area (Å²) in [6.45, 7) is 0. The summed E-state index contributed by atoms with van der Waals surface area (Å²) in [5.41, 5.74) is 5.52. The number of hydrogen-bond donors (Lipinski definition) is 2. The molecular weight excluding hydrogens is 380 g/mol. The summed E-state index contributed by atoms with van der Waals surface area (Å²) in [7, 11) is 4.82. The Morgan fingerprint density at radius 3 is 2.27 bits per heavy atom. The van der Waals surface area contributed by atoms with Crippen LogP contribution in [0.4, 0.5) is 0 Å². The highest BCUT2D eigenvalue weighted by Crippen LogP contribution is 2.41. The molecule has 0 amide bonds.